The summed E-state index contributed by atoms with van der Waals surface area (Å²) >= 11 is 0. The third kappa shape index (κ3) is 4.10. The second kappa shape index (κ2) is 7.28. The fraction of sp³-hybridized carbons (Fsp3) is 0.286. The summed E-state index contributed by atoms with van der Waals surface area (Å²) in [5, 5.41) is 2.49. The molecule has 2 aromatic carbocycles. The Morgan fingerprint density at radius 1 is 1.12 bits per heavy atom. The van der Waals surface area contributed by atoms with Crippen molar-refractivity contribution in [3.05, 3.63) is 60.2 Å². The summed E-state index contributed by atoms with van der Waals surface area (Å²) in [6.45, 7) is 11.1. The number of nitrogens with one attached hydrogen (secondary N) is 1. The van der Waals surface area contributed by atoms with Gasteiger partial charge >= 0.3 is 0 Å². The summed E-state index contributed by atoms with van der Waals surface area (Å²) < 4.78 is 11.1. The van der Waals surface area contributed by atoms with Gasteiger partial charge in [0.25, 0.3) is 0 Å². The molecule has 1 heterocycles. The molecule has 0 fully saturated rings. The Kier molecular flexibility index (Phi) is 5.07. The van der Waals surface area contributed by atoms with E-state index in [1.807, 2.05) is 51.1 Å². The van der Waals surface area contributed by atoms with Crippen LogP contribution < -0.4 is 14.8 Å². The van der Waals surface area contributed by atoms with Gasteiger partial charge < -0.3 is 14.8 Å². The number of carbonyl (C=O) groups excluding carboxylic acids is 1. The lowest BCUT2D eigenvalue weighted by Gasteiger charge is -2.24. The molecular formula is C21H23BNO3. The zero-order valence-corrected chi connectivity index (χ0v) is 15.5. The van der Waals surface area contributed by atoms with E-state index in [-0.39, 0.29) is 5.81 Å². The number of fused-ring (bicyclic) bond motifs is 1. The number of carbonyl (C=O) groups is 1. The van der Waals surface area contributed by atoms with Crippen molar-refractivity contribution in [2.45, 2.75) is 26.1 Å². The van der Waals surface area contributed by atoms with Gasteiger partial charge in [-0.1, -0.05) is 50.3 Å². The van der Waals surface area contributed by atoms with Crippen LogP contribution in [0.4, 0.5) is 10.5 Å². The summed E-state index contributed by atoms with van der Waals surface area (Å²) in [5.74, 6) is 1.20. The van der Waals surface area contributed by atoms with Crippen LogP contribution in [0.1, 0.15) is 31.9 Å². The van der Waals surface area contributed by atoms with Gasteiger partial charge in [-0.25, -0.2) is 0 Å². The van der Waals surface area contributed by atoms with Crippen LogP contribution >= 0.6 is 0 Å². The zero-order valence-electron chi connectivity index (χ0n) is 15.5. The summed E-state index contributed by atoms with van der Waals surface area (Å²) in [4.78, 5) is 12.5. The number of hydrogen-bond acceptors (Lipinski definition) is 3. The molecule has 1 aliphatic rings. The van der Waals surface area contributed by atoms with Gasteiger partial charge in [-0.15, -0.1) is 0 Å². The van der Waals surface area contributed by atoms with E-state index in [1.165, 1.54) is 0 Å². The molecule has 4 nitrogen and oxygen atoms in total. The summed E-state index contributed by atoms with van der Waals surface area (Å²) in [6, 6.07) is 13.5. The smallest absolute Gasteiger partial charge is 0.245 e. The number of hydrogen-bond donors (Lipinski definition) is 1. The van der Waals surface area contributed by atoms with Crippen LogP contribution in [0.3, 0.4) is 0 Å². The highest BCUT2D eigenvalue weighted by Crippen LogP contribution is 2.33. The molecule has 1 aliphatic heterocycles. The van der Waals surface area contributed by atoms with E-state index in [0.717, 1.165) is 16.7 Å². The first-order valence-corrected chi connectivity index (χ1v) is 8.68. The Labute approximate surface area is 155 Å². The van der Waals surface area contributed by atoms with E-state index >= 15 is 0 Å². The molecule has 1 amide bonds. The standard InChI is InChI=1S/C21H23BNO3/c1-14(2)15-6-5-7-16(12-15)21(3,4)22-20(24)23-17-8-9-18-19(13-17)26-11-10-25-18/h5-9,12-13H,1,10-11H2,2-4H3,(H,23,24). The fourth-order valence-corrected chi connectivity index (χ4v) is 2.90. The lowest BCUT2D eigenvalue weighted by Crippen LogP contribution is -2.35. The van der Waals surface area contributed by atoms with Crippen LogP contribution in [0.15, 0.2) is 49.0 Å². The van der Waals surface area contributed by atoms with Gasteiger partial charge in [-0.3, -0.25) is 4.79 Å². The quantitative estimate of drug-likeness (QED) is 0.800. The fourth-order valence-electron chi connectivity index (χ4n) is 2.90. The molecule has 0 aromatic heterocycles. The Morgan fingerprint density at radius 2 is 1.85 bits per heavy atom. The molecule has 0 atom stereocenters. The van der Waals surface area contributed by atoms with Crippen molar-refractivity contribution in [3.8, 4) is 11.5 Å². The number of benzene rings is 2. The normalized spacial score (nSPS) is 13.0. The largest absolute Gasteiger partial charge is 0.486 e. The predicted octanol–water partition coefficient (Wildman–Crippen LogP) is 4.66. The summed E-state index contributed by atoms with van der Waals surface area (Å²) in [7, 11) is 1.70. The predicted molar refractivity (Wildman–Crippen MR) is 106 cm³/mol. The maximum Gasteiger partial charge on any atom is 0.245 e. The Morgan fingerprint density at radius 3 is 2.58 bits per heavy atom. The molecule has 0 saturated heterocycles. The average molecular weight is 348 g/mol. The SMILES string of the molecule is C=C(C)c1cccc(C(C)(C)[B]C(=O)Nc2ccc3c(c2)OCCO3)c1. The van der Waals surface area contributed by atoms with Crippen molar-refractivity contribution in [3.63, 3.8) is 0 Å². The van der Waals surface area contributed by atoms with Crippen LogP contribution in [-0.2, 0) is 5.31 Å². The number of rotatable bonds is 5. The molecule has 3 rings (SSSR count). The van der Waals surface area contributed by atoms with Crippen LogP contribution in [0.25, 0.3) is 5.57 Å². The van der Waals surface area contributed by atoms with Crippen LogP contribution in [0, 0.1) is 0 Å². The van der Waals surface area contributed by atoms with E-state index < -0.39 is 5.31 Å². The lowest BCUT2D eigenvalue weighted by molar-refractivity contribution is 0.171. The van der Waals surface area contributed by atoms with Gasteiger partial charge in [0.1, 0.15) is 13.2 Å². The van der Waals surface area contributed by atoms with Crippen LogP contribution in [0.5, 0.6) is 11.5 Å². The van der Waals surface area contributed by atoms with Crippen molar-refractivity contribution in [1.29, 1.82) is 0 Å². The number of allylic oxidation sites excluding steroid dienone is 1. The minimum absolute atomic E-state index is 0.160. The minimum Gasteiger partial charge on any atom is -0.486 e. The molecule has 133 valence electrons. The second-order valence-electron chi connectivity index (χ2n) is 7.07. The van der Waals surface area contributed by atoms with Gasteiger partial charge in [-0.2, -0.15) is 0 Å². The molecule has 26 heavy (non-hydrogen) atoms. The third-order valence-electron chi connectivity index (χ3n) is 4.40. The molecule has 0 saturated carbocycles. The van der Waals surface area contributed by atoms with E-state index in [2.05, 4.69) is 18.0 Å². The van der Waals surface area contributed by atoms with Crippen molar-refractivity contribution in [1.82, 2.24) is 0 Å². The summed E-state index contributed by atoms with van der Waals surface area (Å²) in [5.41, 5.74) is 3.83. The Balaban J connectivity index is 1.70. The highest BCUT2D eigenvalue weighted by Gasteiger charge is 2.27. The number of ether oxygens (including phenoxy) is 2. The molecule has 2 aromatic rings. The molecular weight excluding hydrogens is 325 g/mol. The maximum absolute atomic E-state index is 12.5. The molecule has 5 heteroatoms. The first kappa shape index (κ1) is 18.1. The molecule has 0 bridgehead atoms. The van der Waals surface area contributed by atoms with E-state index in [4.69, 9.17) is 9.47 Å². The number of anilines is 1. The first-order valence-electron chi connectivity index (χ1n) is 8.68. The van der Waals surface area contributed by atoms with Gasteiger partial charge in [0, 0.05) is 11.8 Å². The average Bonchev–Trinajstić information content (AvgIpc) is 2.61. The number of amides is 1. The third-order valence-corrected chi connectivity index (χ3v) is 4.40. The second-order valence-corrected chi connectivity index (χ2v) is 7.07. The summed E-state index contributed by atoms with van der Waals surface area (Å²) in [6.07, 6.45) is 0. The van der Waals surface area contributed by atoms with Crippen molar-refractivity contribution in [2.75, 3.05) is 18.5 Å². The highest BCUT2D eigenvalue weighted by molar-refractivity contribution is 6.77. The Bertz CT molecular complexity index is 845. The molecule has 0 aliphatic carbocycles. The maximum atomic E-state index is 12.5. The molecule has 1 radical (unpaired) electrons. The highest BCUT2D eigenvalue weighted by atomic mass is 16.6. The Hall–Kier alpha value is -2.69. The van der Waals surface area contributed by atoms with Gasteiger partial charge in [0.2, 0.25) is 7.28 Å². The molecule has 1 N–H and O–H groups in total. The van der Waals surface area contributed by atoms with Gasteiger partial charge in [0.15, 0.2) is 17.3 Å². The monoisotopic (exact) mass is 348 g/mol. The van der Waals surface area contributed by atoms with Gasteiger partial charge in [0.05, 0.1) is 0 Å². The van der Waals surface area contributed by atoms with Crippen molar-refractivity contribution >= 4 is 24.3 Å². The topological polar surface area (TPSA) is 47.6 Å². The van der Waals surface area contributed by atoms with E-state index in [1.54, 1.807) is 13.3 Å². The van der Waals surface area contributed by atoms with Crippen LogP contribution in [-0.4, -0.2) is 26.3 Å². The molecule has 0 spiro atoms. The zero-order chi connectivity index (χ0) is 18.7. The van der Waals surface area contributed by atoms with Gasteiger partial charge in [-0.05, 0) is 35.5 Å². The minimum atomic E-state index is -0.413. The van der Waals surface area contributed by atoms with Crippen molar-refractivity contribution in [2.24, 2.45) is 0 Å². The molecule has 0 unspecified atom stereocenters. The van der Waals surface area contributed by atoms with E-state index in [0.29, 0.717) is 30.4 Å². The van der Waals surface area contributed by atoms with Crippen molar-refractivity contribution < 1.29 is 14.3 Å². The van der Waals surface area contributed by atoms with E-state index in [9.17, 15) is 4.79 Å². The van der Waals surface area contributed by atoms with Crippen LogP contribution in [0.2, 0.25) is 0 Å². The first-order chi connectivity index (χ1) is 12.3. The lowest BCUT2D eigenvalue weighted by atomic mass is 9.50.